The maximum atomic E-state index is 12.6. The third-order valence-electron chi connectivity index (χ3n) is 4.82. The molecule has 0 spiro atoms. The summed E-state index contributed by atoms with van der Waals surface area (Å²) in [5.41, 5.74) is 0.514. The van der Waals surface area contributed by atoms with Crippen LogP contribution in [0.3, 0.4) is 0 Å². The minimum absolute atomic E-state index is 0.0108. The van der Waals surface area contributed by atoms with Crippen LogP contribution in [0.4, 0.5) is 0 Å². The summed E-state index contributed by atoms with van der Waals surface area (Å²) >= 11 is 0. The zero-order valence-corrected chi connectivity index (χ0v) is 13.9. The van der Waals surface area contributed by atoms with E-state index in [4.69, 9.17) is 4.74 Å². The van der Waals surface area contributed by atoms with Crippen molar-refractivity contribution in [2.45, 2.75) is 38.2 Å². The monoisotopic (exact) mass is 322 g/mol. The molecule has 2 saturated heterocycles. The Morgan fingerprint density at radius 3 is 2.83 bits per heavy atom. The van der Waals surface area contributed by atoms with Gasteiger partial charge in [-0.2, -0.15) is 5.10 Å². The second kappa shape index (κ2) is 7.40. The Hall–Kier alpha value is -1.47. The minimum Gasteiger partial charge on any atom is -0.377 e. The molecule has 3 aliphatic heterocycles. The van der Waals surface area contributed by atoms with Gasteiger partial charge in [0.15, 0.2) is 0 Å². The van der Waals surface area contributed by atoms with Gasteiger partial charge in [0.25, 0.3) is 5.91 Å². The van der Waals surface area contributed by atoms with Crippen molar-refractivity contribution in [3.05, 3.63) is 0 Å². The predicted molar refractivity (Wildman–Crippen MR) is 86.1 cm³/mol. The number of nitrogens with zero attached hydrogens (tertiary/aromatic N) is 4. The maximum Gasteiger partial charge on any atom is 0.270 e. The van der Waals surface area contributed by atoms with Crippen LogP contribution in [0.1, 0.15) is 32.1 Å². The first-order chi connectivity index (χ1) is 11.1. The van der Waals surface area contributed by atoms with Gasteiger partial charge < -0.3 is 9.64 Å². The summed E-state index contributed by atoms with van der Waals surface area (Å²) in [6.07, 6.45) is 4.48. The predicted octanol–water partition coefficient (Wildman–Crippen LogP) is 0.308. The molecule has 0 unspecified atom stereocenters. The second-order valence-electron chi connectivity index (χ2n) is 6.55. The molecule has 1 atom stereocenters. The molecule has 0 radical (unpaired) electrons. The Kier molecular flexibility index (Phi) is 5.27. The lowest BCUT2D eigenvalue weighted by Gasteiger charge is -2.25. The molecular weight excluding hydrogens is 296 g/mol. The van der Waals surface area contributed by atoms with E-state index in [9.17, 15) is 9.59 Å². The van der Waals surface area contributed by atoms with E-state index in [1.807, 2.05) is 4.90 Å². The van der Waals surface area contributed by atoms with Crippen molar-refractivity contribution in [3.8, 4) is 0 Å². The SMILES string of the molecule is CN1N=C(C(=O)N2CCCN(C[C@H]3CCCO3)CC2)CCC1=O. The Morgan fingerprint density at radius 1 is 1.22 bits per heavy atom. The topological polar surface area (TPSA) is 65.5 Å². The zero-order valence-electron chi connectivity index (χ0n) is 13.9. The Bertz CT molecular complexity index is 488. The van der Waals surface area contributed by atoms with Crippen molar-refractivity contribution < 1.29 is 14.3 Å². The van der Waals surface area contributed by atoms with E-state index in [-0.39, 0.29) is 11.8 Å². The molecule has 3 aliphatic rings. The van der Waals surface area contributed by atoms with Crippen molar-refractivity contribution in [3.63, 3.8) is 0 Å². The van der Waals surface area contributed by atoms with E-state index >= 15 is 0 Å². The van der Waals surface area contributed by atoms with E-state index in [1.54, 1.807) is 7.05 Å². The van der Waals surface area contributed by atoms with Gasteiger partial charge in [-0.3, -0.25) is 14.5 Å². The van der Waals surface area contributed by atoms with Gasteiger partial charge >= 0.3 is 0 Å². The summed E-state index contributed by atoms with van der Waals surface area (Å²) < 4.78 is 5.71. The number of carbonyl (C=O) groups excluding carboxylic acids is 2. The van der Waals surface area contributed by atoms with Gasteiger partial charge in [0.05, 0.1) is 6.10 Å². The van der Waals surface area contributed by atoms with E-state index in [1.165, 1.54) is 5.01 Å². The van der Waals surface area contributed by atoms with Crippen molar-refractivity contribution in [2.24, 2.45) is 5.10 Å². The van der Waals surface area contributed by atoms with Crippen molar-refractivity contribution >= 4 is 17.5 Å². The van der Waals surface area contributed by atoms with E-state index in [2.05, 4.69) is 10.0 Å². The highest BCUT2D eigenvalue weighted by molar-refractivity contribution is 6.39. The number of carbonyl (C=O) groups is 2. The fourth-order valence-corrected chi connectivity index (χ4v) is 3.44. The molecule has 128 valence electrons. The van der Waals surface area contributed by atoms with E-state index in [0.29, 0.717) is 24.7 Å². The lowest BCUT2D eigenvalue weighted by Crippen LogP contribution is -2.42. The van der Waals surface area contributed by atoms with Crippen LogP contribution in [0.5, 0.6) is 0 Å². The van der Waals surface area contributed by atoms with Crippen LogP contribution in [-0.4, -0.2) is 84.8 Å². The second-order valence-corrected chi connectivity index (χ2v) is 6.55. The molecule has 7 heteroatoms. The van der Waals surface area contributed by atoms with Crippen LogP contribution in [0.15, 0.2) is 5.10 Å². The summed E-state index contributed by atoms with van der Waals surface area (Å²) in [7, 11) is 1.61. The van der Waals surface area contributed by atoms with Gasteiger partial charge in [0, 0.05) is 52.7 Å². The standard InChI is InChI=1S/C16H26N4O3/c1-18-15(21)6-5-14(17-18)16(22)20-8-3-7-19(9-10-20)12-13-4-2-11-23-13/h13H,2-12H2,1H3/t13-/m1/s1. The molecule has 0 saturated carbocycles. The molecule has 7 nitrogen and oxygen atoms in total. The summed E-state index contributed by atoms with van der Waals surface area (Å²) in [5.74, 6) is -0.0385. The number of hydrogen-bond donors (Lipinski definition) is 0. The van der Waals surface area contributed by atoms with Crippen LogP contribution in [0.2, 0.25) is 0 Å². The Labute approximate surface area is 137 Å². The molecule has 0 aromatic heterocycles. The fraction of sp³-hybridized carbons (Fsp3) is 0.812. The quantitative estimate of drug-likeness (QED) is 0.750. The molecule has 23 heavy (non-hydrogen) atoms. The molecule has 3 rings (SSSR count). The number of amides is 2. The van der Waals surface area contributed by atoms with Gasteiger partial charge in [0.2, 0.25) is 5.91 Å². The number of hydrazone groups is 1. The fourth-order valence-electron chi connectivity index (χ4n) is 3.44. The first kappa shape index (κ1) is 16.4. The summed E-state index contributed by atoms with van der Waals surface area (Å²) in [6, 6.07) is 0. The summed E-state index contributed by atoms with van der Waals surface area (Å²) in [4.78, 5) is 28.4. The lowest BCUT2D eigenvalue weighted by atomic mass is 10.1. The first-order valence-corrected chi connectivity index (χ1v) is 8.61. The molecule has 3 heterocycles. The third-order valence-corrected chi connectivity index (χ3v) is 4.82. The lowest BCUT2D eigenvalue weighted by molar-refractivity contribution is -0.130. The van der Waals surface area contributed by atoms with Gasteiger partial charge in [-0.05, 0) is 25.8 Å². The number of rotatable bonds is 3. The third kappa shape index (κ3) is 4.09. The summed E-state index contributed by atoms with van der Waals surface area (Å²) in [6.45, 7) is 5.23. The highest BCUT2D eigenvalue weighted by atomic mass is 16.5. The number of ether oxygens (including phenoxy) is 1. The molecule has 2 amide bonds. The number of hydrogen-bond acceptors (Lipinski definition) is 5. The highest BCUT2D eigenvalue weighted by Gasteiger charge is 2.28. The van der Waals surface area contributed by atoms with Crippen LogP contribution in [-0.2, 0) is 14.3 Å². The molecule has 0 aliphatic carbocycles. The Morgan fingerprint density at radius 2 is 2.09 bits per heavy atom. The van der Waals surface area contributed by atoms with E-state index in [0.717, 1.165) is 58.6 Å². The highest BCUT2D eigenvalue weighted by Crippen LogP contribution is 2.15. The molecular formula is C16H26N4O3. The molecule has 0 aromatic rings. The van der Waals surface area contributed by atoms with Crippen LogP contribution in [0, 0.1) is 0 Å². The normalized spacial score (nSPS) is 27.1. The summed E-state index contributed by atoms with van der Waals surface area (Å²) in [5, 5.41) is 5.44. The van der Waals surface area contributed by atoms with Crippen molar-refractivity contribution in [2.75, 3.05) is 46.4 Å². The Balaban J connectivity index is 1.54. The van der Waals surface area contributed by atoms with E-state index < -0.39 is 0 Å². The molecule has 0 N–H and O–H groups in total. The van der Waals surface area contributed by atoms with Crippen LogP contribution >= 0.6 is 0 Å². The molecule has 0 aromatic carbocycles. The van der Waals surface area contributed by atoms with Gasteiger partial charge in [0.1, 0.15) is 5.71 Å². The van der Waals surface area contributed by atoms with Gasteiger partial charge in [-0.15, -0.1) is 0 Å². The molecule has 2 fully saturated rings. The average Bonchev–Trinajstić information content (AvgIpc) is 2.94. The van der Waals surface area contributed by atoms with Gasteiger partial charge in [-0.1, -0.05) is 0 Å². The average molecular weight is 322 g/mol. The van der Waals surface area contributed by atoms with Crippen LogP contribution < -0.4 is 0 Å². The first-order valence-electron chi connectivity index (χ1n) is 8.61. The zero-order chi connectivity index (χ0) is 16.2. The van der Waals surface area contributed by atoms with Crippen molar-refractivity contribution in [1.29, 1.82) is 0 Å². The molecule has 0 bridgehead atoms. The minimum atomic E-state index is -0.0276. The smallest absolute Gasteiger partial charge is 0.270 e. The largest absolute Gasteiger partial charge is 0.377 e. The maximum absolute atomic E-state index is 12.6. The van der Waals surface area contributed by atoms with Gasteiger partial charge in [-0.25, -0.2) is 5.01 Å². The van der Waals surface area contributed by atoms with Crippen LogP contribution in [0.25, 0.3) is 0 Å². The van der Waals surface area contributed by atoms with Crippen molar-refractivity contribution in [1.82, 2.24) is 14.8 Å².